The number of hydrogen-bond acceptors (Lipinski definition) is 9. The molecule has 11 nitrogen and oxygen atoms in total. The molecule has 0 saturated carbocycles. The lowest BCUT2D eigenvalue weighted by atomic mass is 10.0. The minimum Gasteiger partial charge on any atom is -0.462 e. The monoisotopic (exact) mass is 647 g/mol. The summed E-state index contributed by atoms with van der Waals surface area (Å²) in [6.07, 6.45) is -0.348. The largest absolute Gasteiger partial charge is 0.462 e. The maximum atomic E-state index is 14.6. The molecule has 5 rings (SSSR count). The number of nitrogen functional groups attached to an aromatic ring is 1. The summed E-state index contributed by atoms with van der Waals surface area (Å²) in [7, 11) is -4.18. The Labute approximate surface area is 269 Å². The molecule has 0 fully saturated rings. The van der Waals surface area contributed by atoms with Gasteiger partial charge in [-0.15, -0.1) is 0 Å². The molecule has 3 N–H and O–H groups in total. The molecule has 2 aromatic heterocycles. The van der Waals surface area contributed by atoms with Crippen LogP contribution in [0.25, 0.3) is 32.7 Å². The number of benzene rings is 3. The van der Waals surface area contributed by atoms with E-state index in [9.17, 15) is 9.36 Å². The summed E-state index contributed by atoms with van der Waals surface area (Å²) in [5.41, 5.74) is 8.48. The Balaban J connectivity index is 1.55. The van der Waals surface area contributed by atoms with Crippen molar-refractivity contribution in [3.05, 3.63) is 72.6 Å². The molecule has 2 heterocycles. The van der Waals surface area contributed by atoms with Gasteiger partial charge in [-0.1, -0.05) is 62.4 Å². The number of hydrogen-bond donors (Lipinski definition) is 2. The average molecular weight is 648 g/mol. The highest BCUT2D eigenvalue weighted by atomic mass is 31.2. The van der Waals surface area contributed by atoms with Gasteiger partial charge in [-0.3, -0.25) is 9.32 Å². The lowest BCUT2D eigenvalue weighted by Crippen LogP contribution is -2.36. The average Bonchev–Trinajstić information content (AvgIpc) is 3.39. The van der Waals surface area contributed by atoms with Crippen molar-refractivity contribution in [2.24, 2.45) is 5.92 Å². The fourth-order valence-electron chi connectivity index (χ4n) is 5.34. The molecule has 0 radical (unpaired) electrons. The Kier molecular flexibility index (Phi) is 10.3. The second kappa shape index (κ2) is 14.2. The van der Waals surface area contributed by atoms with Crippen LogP contribution >= 0.6 is 7.75 Å². The van der Waals surface area contributed by atoms with E-state index in [0.717, 1.165) is 27.2 Å². The smallest absolute Gasteiger partial charge is 0.459 e. The summed E-state index contributed by atoms with van der Waals surface area (Å²) >= 11 is 0. The lowest BCUT2D eigenvalue weighted by Gasteiger charge is -2.29. The zero-order valence-corrected chi connectivity index (χ0v) is 28.0. The van der Waals surface area contributed by atoms with Gasteiger partial charge in [-0.25, -0.2) is 14.5 Å². The van der Waals surface area contributed by atoms with E-state index in [1.165, 1.54) is 0 Å². The molecule has 12 heteroatoms. The van der Waals surface area contributed by atoms with Crippen LogP contribution in [-0.4, -0.2) is 45.9 Å². The second-order valence-corrected chi connectivity index (χ2v) is 13.5. The molecule has 0 bridgehead atoms. The highest BCUT2D eigenvalue weighted by molar-refractivity contribution is 7.52. The molecule has 1 unspecified atom stereocenters. The molecule has 244 valence electrons. The second-order valence-electron chi connectivity index (χ2n) is 11.8. The van der Waals surface area contributed by atoms with Crippen molar-refractivity contribution < 1.29 is 27.9 Å². The van der Waals surface area contributed by atoms with Crippen LogP contribution in [0.2, 0.25) is 0 Å². The minimum absolute atomic E-state index is 0.0247. The van der Waals surface area contributed by atoms with Crippen LogP contribution in [0, 0.1) is 5.92 Å². The van der Waals surface area contributed by atoms with E-state index in [0.29, 0.717) is 29.5 Å². The molecule has 3 atom stereocenters. The number of esters is 1. The summed E-state index contributed by atoms with van der Waals surface area (Å²) in [5, 5.41) is 5.59. The zero-order valence-electron chi connectivity index (χ0n) is 27.1. The van der Waals surface area contributed by atoms with Gasteiger partial charge in [0.25, 0.3) is 0 Å². The summed E-state index contributed by atoms with van der Waals surface area (Å²) in [6, 6.07) is 19.5. The summed E-state index contributed by atoms with van der Waals surface area (Å²) in [4.78, 5) is 22.2. The molecule has 46 heavy (non-hydrogen) atoms. The number of fused-ring (bicyclic) bond motifs is 4. The number of rotatable bonds is 14. The first-order valence-corrected chi connectivity index (χ1v) is 17.1. The number of carbonyl (C=O) groups is 1. The summed E-state index contributed by atoms with van der Waals surface area (Å²) in [6.45, 7) is 11.7. The maximum Gasteiger partial charge on any atom is 0.459 e. The van der Waals surface area contributed by atoms with Crippen LogP contribution in [0.1, 0.15) is 53.4 Å². The van der Waals surface area contributed by atoms with Crippen molar-refractivity contribution >= 4 is 52.2 Å². The molecule has 5 aromatic rings. The van der Waals surface area contributed by atoms with Gasteiger partial charge in [0.05, 0.1) is 29.8 Å². The van der Waals surface area contributed by atoms with Gasteiger partial charge in [0, 0.05) is 12.0 Å². The number of imidazole rings is 1. The van der Waals surface area contributed by atoms with Gasteiger partial charge in [0.2, 0.25) is 0 Å². The molecule has 0 amide bonds. The molecule has 0 spiro atoms. The van der Waals surface area contributed by atoms with Crippen molar-refractivity contribution in [2.45, 2.75) is 66.3 Å². The predicted octanol–water partition coefficient (Wildman–Crippen LogP) is 7.19. The fourth-order valence-corrected chi connectivity index (χ4v) is 6.84. The standard InChI is InChI=1S/C34H42N5O6P/c1-7-42-20-30-37-31-32(27-14-10-11-15-28(27)36-33(31)35)39(30)29(21(2)3)19-43-46(41,38-23(6)34(40)44-22(4)5)45-26-17-16-24-12-8-9-13-25(24)18-26/h8-18,21-23,29H,7,19-20H2,1-6H3,(H2,35,36)(H,38,41)/t23-,29-,46?/m0/s1. The number of nitrogens with one attached hydrogen (secondary N) is 1. The molecular formula is C34H42N5O6P. The van der Waals surface area contributed by atoms with Crippen LogP contribution in [-0.2, 0) is 30.0 Å². The third-order valence-corrected chi connectivity index (χ3v) is 9.23. The van der Waals surface area contributed by atoms with Gasteiger partial charge in [-0.2, -0.15) is 5.09 Å². The number of ether oxygens (including phenoxy) is 2. The number of carbonyl (C=O) groups excluding carboxylic acids is 1. The Hall–Kier alpha value is -4.02. The quantitative estimate of drug-likeness (QED) is 0.0940. The van der Waals surface area contributed by atoms with Gasteiger partial charge in [0.15, 0.2) is 5.82 Å². The predicted molar refractivity (Wildman–Crippen MR) is 181 cm³/mol. The van der Waals surface area contributed by atoms with Crippen molar-refractivity contribution in [1.82, 2.24) is 19.6 Å². The molecule has 3 aromatic carbocycles. The van der Waals surface area contributed by atoms with Crippen molar-refractivity contribution in [1.29, 1.82) is 0 Å². The molecule has 0 aliphatic carbocycles. The van der Waals surface area contributed by atoms with Crippen molar-refractivity contribution in [3.8, 4) is 5.75 Å². The minimum atomic E-state index is -4.18. The highest BCUT2D eigenvalue weighted by Gasteiger charge is 2.35. The van der Waals surface area contributed by atoms with Gasteiger partial charge in [-0.05, 0) is 62.6 Å². The third-order valence-electron chi connectivity index (χ3n) is 7.58. The Morgan fingerprint density at radius 1 is 0.978 bits per heavy atom. The van der Waals surface area contributed by atoms with E-state index in [-0.39, 0.29) is 31.3 Å². The van der Waals surface area contributed by atoms with E-state index in [1.54, 1.807) is 32.9 Å². The topological polar surface area (TPSA) is 140 Å². The number of para-hydroxylation sites is 1. The van der Waals surface area contributed by atoms with E-state index >= 15 is 0 Å². The van der Waals surface area contributed by atoms with E-state index < -0.39 is 19.8 Å². The van der Waals surface area contributed by atoms with Crippen LogP contribution in [0.3, 0.4) is 0 Å². The third kappa shape index (κ3) is 7.34. The number of pyridine rings is 1. The van der Waals surface area contributed by atoms with E-state index in [2.05, 4.69) is 10.1 Å². The summed E-state index contributed by atoms with van der Waals surface area (Å²) in [5.74, 6) is 0.669. The zero-order chi connectivity index (χ0) is 33.0. The van der Waals surface area contributed by atoms with Crippen LogP contribution in [0.15, 0.2) is 66.7 Å². The first-order valence-electron chi connectivity index (χ1n) is 15.5. The van der Waals surface area contributed by atoms with Gasteiger partial charge < -0.3 is 24.3 Å². The Bertz CT molecular complexity index is 1890. The number of aromatic nitrogens is 3. The highest BCUT2D eigenvalue weighted by Crippen LogP contribution is 2.47. The Morgan fingerprint density at radius 2 is 1.70 bits per heavy atom. The fraction of sp³-hybridized carbons (Fsp3) is 0.382. The number of anilines is 1. The van der Waals surface area contributed by atoms with Crippen LogP contribution in [0.5, 0.6) is 5.75 Å². The van der Waals surface area contributed by atoms with Crippen molar-refractivity contribution in [2.75, 3.05) is 18.9 Å². The van der Waals surface area contributed by atoms with Gasteiger partial charge in [0.1, 0.15) is 29.7 Å². The first-order chi connectivity index (χ1) is 22.0. The summed E-state index contributed by atoms with van der Waals surface area (Å²) < 4.78 is 40.1. The molecule has 0 aliphatic heterocycles. The van der Waals surface area contributed by atoms with Crippen LogP contribution in [0.4, 0.5) is 5.82 Å². The SMILES string of the molecule is CCOCc1nc2c(N)nc3ccccc3c2n1[C@@H](COP(=O)(N[C@@H](C)C(=O)OC(C)C)Oc1ccc2ccccc2c1)C(C)C. The van der Waals surface area contributed by atoms with E-state index in [4.69, 9.17) is 29.2 Å². The normalized spacial score (nSPS) is 14.6. The lowest BCUT2D eigenvalue weighted by molar-refractivity contribution is -0.149. The number of nitrogens with two attached hydrogens (primary N) is 1. The molecular weight excluding hydrogens is 605 g/mol. The Morgan fingerprint density at radius 3 is 2.41 bits per heavy atom. The van der Waals surface area contributed by atoms with E-state index in [1.807, 2.05) is 79.9 Å². The number of nitrogens with zero attached hydrogens (tertiary/aromatic N) is 3. The maximum absolute atomic E-state index is 14.6. The van der Waals surface area contributed by atoms with Crippen LogP contribution < -0.4 is 15.3 Å². The van der Waals surface area contributed by atoms with Gasteiger partial charge >= 0.3 is 13.7 Å². The van der Waals surface area contributed by atoms with Crippen molar-refractivity contribution in [3.63, 3.8) is 0 Å². The molecule has 0 saturated heterocycles. The molecule has 0 aliphatic rings. The first kappa shape index (κ1) is 33.3.